The fourth-order valence-corrected chi connectivity index (χ4v) is 6.01. The molecule has 0 aliphatic carbocycles. The van der Waals surface area contributed by atoms with Crippen LogP contribution >= 0.6 is 0 Å². The maximum absolute atomic E-state index is 8.99. The molecule has 45 heavy (non-hydrogen) atoms. The molecule has 0 saturated heterocycles. The lowest BCUT2D eigenvalue weighted by Gasteiger charge is -2.12. The third-order valence-electron chi connectivity index (χ3n) is 8.08. The van der Waals surface area contributed by atoms with Crippen LogP contribution in [0.25, 0.3) is 88.8 Å². The van der Waals surface area contributed by atoms with Gasteiger partial charge in [0.25, 0.3) is 0 Å². The lowest BCUT2D eigenvalue weighted by molar-refractivity contribution is 0.669. The molecule has 4 nitrogen and oxygen atoms in total. The Bertz CT molecular complexity index is 2910. The van der Waals surface area contributed by atoms with E-state index in [1.807, 2.05) is 48.5 Å². The average molecular weight is 583 g/mol. The molecule has 0 N–H and O–H groups in total. The minimum Gasteiger partial charge on any atom is -0.456 e. The Labute approximate surface area is 269 Å². The average Bonchev–Trinajstić information content (AvgIpc) is 3.53. The molecule has 2 aromatic heterocycles. The summed E-state index contributed by atoms with van der Waals surface area (Å²) < 4.78 is 65.5. The predicted molar refractivity (Wildman–Crippen MR) is 184 cm³/mol. The molecule has 2 heterocycles. The summed E-state index contributed by atoms with van der Waals surface area (Å²) in [7, 11) is 0. The number of hydrogen-bond donors (Lipinski definition) is 0. The Balaban J connectivity index is 1.28. The predicted octanol–water partition coefficient (Wildman–Crippen LogP) is 10.7. The van der Waals surface area contributed by atoms with E-state index in [1.165, 1.54) is 5.39 Å². The maximum Gasteiger partial charge on any atom is 0.164 e. The van der Waals surface area contributed by atoms with E-state index in [0.29, 0.717) is 33.1 Å². The first-order valence-corrected chi connectivity index (χ1v) is 14.5. The summed E-state index contributed by atoms with van der Waals surface area (Å²) in [5.74, 6) is 0.115. The van der Waals surface area contributed by atoms with Crippen LogP contribution in [0.5, 0.6) is 0 Å². The van der Waals surface area contributed by atoms with Crippen molar-refractivity contribution in [1.82, 2.24) is 15.0 Å². The first kappa shape index (κ1) is 19.2. The molecule has 9 aromatic rings. The van der Waals surface area contributed by atoms with Crippen molar-refractivity contribution >= 4 is 43.5 Å². The first-order valence-electron chi connectivity index (χ1n) is 18.0. The molecule has 210 valence electrons. The van der Waals surface area contributed by atoms with E-state index in [1.54, 1.807) is 30.3 Å². The monoisotopic (exact) mass is 582 g/mol. The van der Waals surface area contributed by atoms with Crippen LogP contribution in [0, 0.1) is 0 Å². The number of rotatable bonds is 4. The van der Waals surface area contributed by atoms with E-state index in [9.17, 15) is 0 Å². The zero-order chi connectivity index (χ0) is 35.8. The number of fused-ring (bicyclic) bond motifs is 6. The molecule has 0 saturated carbocycles. The Kier molecular flexibility index (Phi) is 4.38. The second-order valence-electron chi connectivity index (χ2n) is 10.7. The Morgan fingerprint density at radius 3 is 1.98 bits per heavy atom. The summed E-state index contributed by atoms with van der Waals surface area (Å²) >= 11 is 0. The lowest BCUT2D eigenvalue weighted by Crippen LogP contribution is -2.00. The van der Waals surface area contributed by atoms with E-state index >= 15 is 0 Å². The molecule has 0 aliphatic rings. The van der Waals surface area contributed by atoms with E-state index in [2.05, 4.69) is 35.3 Å². The smallest absolute Gasteiger partial charge is 0.164 e. The maximum atomic E-state index is 8.99. The van der Waals surface area contributed by atoms with Gasteiger partial charge >= 0.3 is 0 Å². The van der Waals surface area contributed by atoms with Crippen LogP contribution in [0.15, 0.2) is 156 Å². The zero-order valence-corrected chi connectivity index (χ0v) is 23.6. The van der Waals surface area contributed by atoms with Crippen LogP contribution < -0.4 is 0 Å². The van der Waals surface area contributed by atoms with Crippen molar-refractivity contribution < 1.29 is 14.0 Å². The van der Waals surface area contributed by atoms with Crippen LogP contribution in [0.4, 0.5) is 0 Å². The normalized spacial score (nSPS) is 13.7. The van der Waals surface area contributed by atoms with Gasteiger partial charge in [-0.05, 0) is 50.9 Å². The third kappa shape index (κ3) is 4.27. The molecule has 0 unspecified atom stereocenters. The molecule has 0 aliphatic heterocycles. The molecule has 0 radical (unpaired) electrons. The number of para-hydroxylation sites is 1. The summed E-state index contributed by atoms with van der Waals surface area (Å²) in [5.41, 5.74) is 3.73. The summed E-state index contributed by atoms with van der Waals surface area (Å²) in [5, 5.41) is 5.68. The molecule has 0 bridgehead atoms. The van der Waals surface area contributed by atoms with Crippen LogP contribution in [0.3, 0.4) is 0 Å². The van der Waals surface area contributed by atoms with Crippen molar-refractivity contribution in [2.75, 3.05) is 0 Å². The summed E-state index contributed by atoms with van der Waals surface area (Å²) in [6, 6.07) is 32.6. The van der Waals surface area contributed by atoms with E-state index < -0.39 is 30.2 Å². The highest BCUT2D eigenvalue weighted by molar-refractivity contribution is 6.14. The topological polar surface area (TPSA) is 51.8 Å². The quantitative estimate of drug-likeness (QED) is 0.194. The largest absolute Gasteiger partial charge is 0.456 e. The number of nitrogens with zero attached hydrogens (tertiary/aromatic N) is 3. The van der Waals surface area contributed by atoms with Gasteiger partial charge in [0.1, 0.15) is 11.2 Å². The first-order chi connectivity index (χ1) is 25.2. The van der Waals surface area contributed by atoms with Crippen LogP contribution in [-0.2, 0) is 0 Å². The van der Waals surface area contributed by atoms with Crippen molar-refractivity contribution in [3.05, 3.63) is 151 Å². The van der Waals surface area contributed by atoms with E-state index in [4.69, 9.17) is 24.0 Å². The molecule has 0 fully saturated rings. The molecule has 9 rings (SSSR count). The standard InChI is InChI=1S/C41H25N3O/c1-2-11-27(12-3-1)39-42-40(44-41(43-39)34-18-10-20-37-38(34)33-17-8-9-19-36(33)45-37)28-23-21-26(22-24-28)35-25-29-13-4-5-14-30(29)31-15-6-7-16-32(31)35/h1-25H/i1D,2D,3D,8D,11D,12D,18D. The van der Waals surface area contributed by atoms with Gasteiger partial charge in [0, 0.05) is 27.5 Å². The Morgan fingerprint density at radius 2 is 1.13 bits per heavy atom. The highest BCUT2D eigenvalue weighted by Crippen LogP contribution is 2.38. The summed E-state index contributed by atoms with van der Waals surface area (Å²) in [6.07, 6.45) is 0. The van der Waals surface area contributed by atoms with Crippen LogP contribution in [-0.4, -0.2) is 15.0 Å². The zero-order valence-electron chi connectivity index (χ0n) is 30.6. The highest BCUT2D eigenvalue weighted by Gasteiger charge is 2.18. The van der Waals surface area contributed by atoms with Gasteiger partial charge in [0.2, 0.25) is 0 Å². The second-order valence-corrected chi connectivity index (χ2v) is 10.7. The minimum absolute atomic E-state index is 0.0603. The van der Waals surface area contributed by atoms with Crippen molar-refractivity contribution in [3.63, 3.8) is 0 Å². The van der Waals surface area contributed by atoms with Gasteiger partial charge in [0.05, 0.1) is 9.60 Å². The third-order valence-corrected chi connectivity index (χ3v) is 8.08. The fraction of sp³-hybridized carbons (Fsp3) is 0. The molecule has 0 spiro atoms. The molecule has 0 amide bonds. The van der Waals surface area contributed by atoms with Crippen molar-refractivity contribution in [3.8, 4) is 45.3 Å². The number of furan rings is 1. The highest BCUT2D eigenvalue weighted by atomic mass is 16.3. The number of hydrogen-bond acceptors (Lipinski definition) is 4. The molecule has 7 aromatic carbocycles. The van der Waals surface area contributed by atoms with Crippen LogP contribution in [0.1, 0.15) is 9.60 Å². The van der Waals surface area contributed by atoms with Crippen molar-refractivity contribution in [2.45, 2.75) is 0 Å². The molecule has 4 heteroatoms. The summed E-state index contributed by atoms with van der Waals surface area (Å²) in [4.78, 5) is 14.2. The van der Waals surface area contributed by atoms with Gasteiger partial charge in [-0.2, -0.15) is 0 Å². The van der Waals surface area contributed by atoms with Gasteiger partial charge in [0.15, 0.2) is 17.5 Å². The van der Waals surface area contributed by atoms with E-state index in [0.717, 1.165) is 27.3 Å². The number of benzene rings is 7. The summed E-state index contributed by atoms with van der Waals surface area (Å²) in [6.45, 7) is 0. The SMILES string of the molecule is [2H]c1ccc2oc3ccc([2H])c(-c4nc(-c5ccc(-c6cc7ccccc7c7ccccc67)cc5)nc(-c5c([2H])c([2H])c([2H])c([2H])c5[2H])n4)c3c2c1. The van der Waals surface area contributed by atoms with Gasteiger partial charge in [-0.25, -0.2) is 15.0 Å². The van der Waals surface area contributed by atoms with Gasteiger partial charge in [-0.1, -0.05) is 133 Å². The minimum atomic E-state index is -0.528. The Hall–Kier alpha value is -6.13. The van der Waals surface area contributed by atoms with Crippen LogP contribution in [0.2, 0.25) is 0 Å². The molecular weight excluding hydrogens is 550 g/mol. The van der Waals surface area contributed by atoms with Gasteiger partial charge in [-0.3, -0.25) is 0 Å². The van der Waals surface area contributed by atoms with Crippen molar-refractivity contribution in [2.24, 2.45) is 0 Å². The van der Waals surface area contributed by atoms with Gasteiger partial charge < -0.3 is 4.42 Å². The molecule has 0 atom stereocenters. The number of aromatic nitrogens is 3. The van der Waals surface area contributed by atoms with Crippen molar-refractivity contribution in [1.29, 1.82) is 0 Å². The fourth-order valence-electron chi connectivity index (χ4n) is 6.01. The Morgan fingerprint density at radius 1 is 0.444 bits per heavy atom. The van der Waals surface area contributed by atoms with Gasteiger partial charge in [-0.15, -0.1) is 0 Å². The molecular formula is C41H25N3O. The second kappa shape index (κ2) is 10.2. The van der Waals surface area contributed by atoms with E-state index in [-0.39, 0.29) is 35.1 Å². The lowest BCUT2D eigenvalue weighted by atomic mass is 9.93.